The van der Waals surface area contributed by atoms with E-state index in [1.807, 2.05) is 61.6 Å². The molecule has 0 N–H and O–H groups in total. The summed E-state index contributed by atoms with van der Waals surface area (Å²) in [5, 5.41) is 0. The number of hydrogen-bond donors (Lipinski definition) is 0. The van der Waals surface area contributed by atoms with Crippen LogP contribution in [0.15, 0.2) is 54.6 Å². The zero-order valence-corrected chi connectivity index (χ0v) is 9.13. The Hall–Kier alpha value is -2.09. The highest BCUT2D eigenvalue weighted by molar-refractivity contribution is 5.76. The van der Waals surface area contributed by atoms with E-state index in [1.54, 1.807) is 0 Å². The lowest BCUT2D eigenvalue weighted by molar-refractivity contribution is 0.112. The molecule has 2 heteroatoms. The van der Waals surface area contributed by atoms with Crippen molar-refractivity contribution in [3.8, 4) is 0 Å². The van der Waals surface area contributed by atoms with Crippen molar-refractivity contribution >= 4 is 17.7 Å². The van der Waals surface area contributed by atoms with E-state index in [0.29, 0.717) is 5.56 Å². The van der Waals surface area contributed by atoms with Gasteiger partial charge in [0, 0.05) is 24.0 Å². The fraction of sp³-hybridized carbons (Fsp3) is 0.0714. The molecule has 0 aliphatic heterocycles. The van der Waals surface area contributed by atoms with Crippen molar-refractivity contribution in [2.24, 2.45) is 0 Å². The van der Waals surface area contributed by atoms with Crippen LogP contribution in [0.25, 0.3) is 0 Å². The second-order valence-corrected chi connectivity index (χ2v) is 3.60. The molecule has 0 saturated carbocycles. The van der Waals surface area contributed by atoms with Crippen molar-refractivity contribution in [2.75, 3.05) is 11.9 Å². The molecule has 0 atom stereocenters. The van der Waals surface area contributed by atoms with E-state index in [0.717, 1.165) is 17.7 Å². The molecule has 0 saturated heterocycles. The molecule has 2 aromatic rings. The van der Waals surface area contributed by atoms with Gasteiger partial charge in [0.2, 0.25) is 0 Å². The maximum absolute atomic E-state index is 10.5. The van der Waals surface area contributed by atoms with Gasteiger partial charge < -0.3 is 4.90 Å². The maximum Gasteiger partial charge on any atom is 0.150 e. The molecule has 16 heavy (non-hydrogen) atoms. The predicted octanol–water partition coefficient (Wildman–Crippen LogP) is 3.27. The molecule has 2 nitrogen and oxygen atoms in total. The molecule has 0 aliphatic rings. The fourth-order valence-corrected chi connectivity index (χ4v) is 1.58. The van der Waals surface area contributed by atoms with Gasteiger partial charge in [-0.15, -0.1) is 0 Å². The smallest absolute Gasteiger partial charge is 0.150 e. The molecule has 0 radical (unpaired) electrons. The molecule has 0 heterocycles. The van der Waals surface area contributed by atoms with E-state index in [4.69, 9.17) is 0 Å². The van der Waals surface area contributed by atoms with Gasteiger partial charge in [0.25, 0.3) is 0 Å². The number of para-hydroxylation sites is 1. The number of nitrogens with zero attached hydrogens (tertiary/aromatic N) is 1. The Kier molecular flexibility index (Phi) is 3.01. The van der Waals surface area contributed by atoms with Crippen molar-refractivity contribution < 1.29 is 4.79 Å². The molecule has 0 amide bonds. The third-order valence-electron chi connectivity index (χ3n) is 2.56. The number of carbonyl (C=O) groups excluding carboxylic acids is 1. The highest BCUT2D eigenvalue weighted by Gasteiger charge is 2.02. The number of aldehydes is 1. The first-order valence-electron chi connectivity index (χ1n) is 5.15. The SMILES string of the molecule is CN(c1ccccc1)c1ccc(C=O)cc1. The quantitative estimate of drug-likeness (QED) is 0.726. The zero-order chi connectivity index (χ0) is 11.4. The molecule has 0 aromatic heterocycles. The minimum atomic E-state index is 0.699. The summed E-state index contributed by atoms with van der Waals surface area (Å²) in [6, 6.07) is 17.6. The van der Waals surface area contributed by atoms with Crippen LogP contribution in [0.4, 0.5) is 11.4 Å². The van der Waals surface area contributed by atoms with Gasteiger partial charge in [-0.1, -0.05) is 18.2 Å². The third-order valence-corrected chi connectivity index (χ3v) is 2.56. The van der Waals surface area contributed by atoms with Crippen molar-refractivity contribution in [3.63, 3.8) is 0 Å². The molecule has 0 bridgehead atoms. The first-order valence-corrected chi connectivity index (χ1v) is 5.15. The fourth-order valence-electron chi connectivity index (χ4n) is 1.58. The number of benzene rings is 2. The number of hydrogen-bond acceptors (Lipinski definition) is 2. The Bertz CT molecular complexity index is 462. The Morgan fingerprint density at radius 1 is 0.875 bits per heavy atom. The normalized spacial score (nSPS) is 9.81. The Labute approximate surface area is 95.1 Å². The lowest BCUT2D eigenvalue weighted by Gasteiger charge is -2.19. The first kappa shape index (κ1) is 10.4. The molecule has 2 rings (SSSR count). The third kappa shape index (κ3) is 2.11. The topological polar surface area (TPSA) is 20.3 Å². The van der Waals surface area contributed by atoms with Gasteiger partial charge >= 0.3 is 0 Å². The zero-order valence-electron chi connectivity index (χ0n) is 9.13. The van der Waals surface area contributed by atoms with Crippen LogP contribution in [0.5, 0.6) is 0 Å². The minimum absolute atomic E-state index is 0.699. The van der Waals surface area contributed by atoms with Crippen LogP contribution in [0.3, 0.4) is 0 Å². The number of anilines is 2. The van der Waals surface area contributed by atoms with Gasteiger partial charge in [-0.05, 0) is 36.4 Å². The maximum atomic E-state index is 10.5. The lowest BCUT2D eigenvalue weighted by Crippen LogP contribution is -2.08. The minimum Gasteiger partial charge on any atom is -0.345 e. The van der Waals surface area contributed by atoms with E-state index < -0.39 is 0 Å². The summed E-state index contributed by atoms with van der Waals surface area (Å²) in [4.78, 5) is 12.6. The van der Waals surface area contributed by atoms with E-state index in [1.165, 1.54) is 0 Å². The average molecular weight is 211 g/mol. The van der Waals surface area contributed by atoms with E-state index in [2.05, 4.69) is 4.90 Å². The van der Waals surface area contributed by atoms with Gasteiger partial charge in [-0.2, -0.15) is 0 Å². The summed E-state index contributed by atoms with van der Waals surface area (Å²) in [7, 11) is 2.01. The largest absolute Gasteiger partial charge is 0.345 e. The van der Waals surface area contributed by atoms with Crippen molar-refractivity contribution in [3.05, 3.63) is 60.2 Å². The number of rotatable bonds is 3. The number of carbonyl (C=O) groups is 1. The Morgan fingerprint density at radius 2 is 1.44 bits per heavy atom. The van der Waals surface area contributed by atoms with Crippen LogP contribution in [-0.4, -0.2) is 13.3 Å². The lowest BCUT2D eigenvalue weighted by atomic mass is 10.2. The highest BCUT2D eigenvalue weighted by atomic mass is 16.1. The van der Waals surface area contributed by atoms with Crippen molar-refractivity contribution in [1.29, 1.82) is 0 Å². The molecular weight excluding hydrogens is 198 g/mol. The van der Waals surface area contributed by atoms with Gasteiger partial charge in [0.15, 0.2) is 0 Å². The molecule has 80 valence electrons. The molecule has 2 aromatic carbocycles. The van der Waals surface area contributed by atoms with Gasteiger partial charge in [-0.25, -0.2) is 0 Å². The summed E-state index contributed by atoms with van der Waals surface area (Å²) >= 11 is 0. The van der Waals surface area contributed by atoms with Crippen LogP contribution in [0.1, 0.15) is 10.4 Å². The van der Waals surface area contributed by atoms with E-state index in [9.17, 15) is 4.79 Å². The summed E-state index contributed by atoms with van der Waals surface area (Å²) in [6.45, 7) is 0. The summed E-state index contributed by atoms with van der Waals surface area (Å²) in [5.41, 5.74) is 2.89. The standard InChI is InChI=1S/C14H13NO/c1-15(13-5-3-2-4-6-13)14-9-7-12(11-16)8-10-14/h2-11H,1H3. The van der Waals surface area contributed by atoms with Gasteiger partial charge in [0.1, 0.15) is 6.29 Å². The summed E-state index contributed by atoms with van der Waals surface area (Å²) in [5.74, 6) is 0. The second-order valence-electron chi connectivity index (χ2n) is 3.60. The van der Waals surface area contributed by atoms with Crippen LogP contribution in [-0.2, 0) is 0 Å². The monoisotopic (exact) mass is 211 g/mol. The second kappa shape index (κ2) is 4.62. The molecule has 0 fully saturated rings. The van der Waals surface area contributed by atoms with Crippen LogP contribution >= 0.6 is 0 Å². The predicted molar refractivity (Wildman–Crippen MR) is 66.3 cm³/mol. The van der Waals surface area contributed by atoms with Gasteiger partial charge in [0.05, 0.1) is 0 Å². The van der Waals surface area contributed by atoms with Crippen molar-refractivity contribution in [1.82, 2.24) is 0 Å². The molecule has 0 aliphatic carbocycles. The summed E-state index contributed by atoms with van der Waals surface area (Å²) < 4.78 is 0. The highest BCUT2D eigenvalue weighted by Crippen LogP contribution is 2.22. The summed E-state index contributed by atoms with van der Waals surface area (Å²) in [6.07, 6.45) is 0.853. The Balaban J connectivity index is 2.27. The Morgan fingerprint density at radius 3 is 2.00 bits per heavy atom. The molecule has 0 spiro atoms. The van der Waals surface area contributed by atoms with E-state index >= 15 is 0 Å². The van der Waals surface area contributed by atoms with Crippen molar-refractivity contribution in [2.45, 2.75) is 0 Å². The average Bonchev–Trinajstić information content (AvgIpc) is 2.39. The van der Waals surface area contributed by atoms with Crippen LogP contribution in [0, 0.1) is 0 Å². The van der Waals surface area contributed by atoms with Gasteiger partial charge in [-0.3, -0.25) is 4.79 Å². The van der Waals surface area contributed by atoms with Crippen LogP contribution < -0.4 is 4.90 Å². The molecular formula is C14H13NO. The van der Waals surface area contributed by atoms with Crippen LogP contribution in [0.2, 0.25) is 0 Å². The molecule has 0 unspecified atom stereocenters. The van der Waals surface area contributed by atoms with E-state index in [-0.39, 0.29) is 0 Å². The first-order chi connectivity index (χ1) is 7.81.